The predicted molar refractivity (Wildman–Crippen MR) is 67.9 cm³/mol. The van der Waals surface area contributed by atoms with Gasteiger partial charge in [0.25, 0.3) is 0 Å². The molecule has 0 aromatic carbocycles. The molecular weight excluding hydrogens is 186 g/mol. The SMILES string of the molecule is NCCCCCCCNCCCCCN. The molecule has 0 aromatic rings. The van der Waals surface area contributed by atoms with Gasteiger partial charge in [-0.05, 0) is 51.9 Å². The maximum Gasteiger partial charge on any atom is -0.00489 e. The molecule has 0 aromatic heterocycles. The van der Waals surface area contributed by atoms with Crippen LogP contribution in [0, 0.1) is 0 Å². The molecule has 0 atom stereocenters. The highest BCUT2D eigenvalue weighted by Crippen LogP contribution is 2.01. The molecule has 0 amide bonds. The van der Waals surface area contributed by atoms with Crippen LogP contribution in [0.25, 0.3) is 0 Å². The van der Waals surface area contributed by atoms with Crippen LogP contribution in [0.5, 0.6) is 0 Å². The summed E-state index contributed by atoms with van der Waals surface area (Å²) in [6.45, 7) is 4.01. The summed E-state index contributed by atoms with van der Waals surface area (Å²) in [5.74, 6) is 0. The van der Waals surface area contributed by atoms with Gasteiger partial charge in [0.2, 0.25) is 0 Å². The van der Waals surface area contributed by atoms with E-state index in [2.05, 4.69) is 5.32 Å². The molecule has 3 nitrogen and oxygen atoms in total. The fraction of sp³-hybridized carbons (Fsp3) is 1.00. The molecule has 0 aliphatic heterocycles. The van der Waals surface area contributed by atoms with E-state index in [9.17, 15) is 0 Å². The zero-order valence-corrected chi connectivity index (χ0v) is 10.1. The summed E-state index contributed by atoms with van der Waals surface area (Å²) in [5, 5.41) is 3.47. The van der Waals surface area contributed by atoms with Gasteiger partial charge in [0.15, 0.2) is 0 Å². The third-order valence-corrected chi connectivity index (χ3v) is 2.62. The zero-order valence-electron chi connectivity index (χ0n) is 10.1. The van der Waals surface area contributed by atoms with Crippen molar-refractivity contribution in [1.82, 2.24) is 5.32 Å². The van der Waals surface area contributed by atoms with Crippen molar-refractivity contribution >= 4 is 0 Å². The second-order valence-corrected chi connectivity index (χ2v) is 4.16. The predicted octanol–water partition coefficient (Wildman–Crippen LogP) is 1.61. The van der Waals surface area contributed by atoms with Crippen molar-refractivity contribution in [3.05, 3.63) is 0 Å². The van der Waals surface area contributed by atoms with Crippen molar-refractivity contribution in [2.75, 3.05) is 26.2 Å². The Hall–Kier alpha value is -0.120. The second-order valence-electron chi connectivity index (χ2n) is 4.16. The van der Waals surface area contributed by atoms with Crippen molar-refractivity contribution < 1.29 is 0 Å². The lowest BCUT2D eigenvalue weighted by Crippen LogP contribution is -2.16. The van der Waals surface area contributed by atoms with Crippen LogP contribution in [0.3, 0.4) is 0 Å². The molecule has 0 aliphatic carbocycles. The van der Waals surface area contributed by atoms with Gasteiger partial charge < -0.3 is 16.8 Å². The van der Waals surface area contributed by atoms with E-state index < -0.39 is 0 Å². The highest BCUT2D eigenvalue weighted by molar-refractivity contribution is 4.51. The van der Waals surface area contributed by atoms with E-state index >= 15 is 0 Å². The molecule has 0 unspecified atom stereocenters. The lowest BCUT2D eigenvalue weighted by atomic mass is 10.1. The molecule has 3 heteroatoms. The molecule has 0 radical (unpaired) electrons. The molecule has 0 fully saturated rings. The molecule has 5 N–H and O–H groups in total. The highest BCUT2D eigenvalue weighted by Gasteiger charge is 1.91. The maximum absolute atomic E-state index is 5.43. The van der Waals surface area contributed by atoms with E-state index in [1.165, 1.54) is 57.9 Å². The average Bonchev–Trinajstić information content (AvgIpc) is 2.26. The van der Waals surface area contributed by atoms with Crippen molar-refractivity contribution in [2.24, 2.45) is 11.5 Å². The van der Waals surface area contributed by atoms with E-state index in [0.717, 1.165) is 19.6 Å². The number of nitrogens with one attached hydrogen (secondary N) is 1. The van der Waals surface area contributed by atoms with E-state index in [0.29, 0.717) is 0 Å². The molecule has 0 heterocycles. The third-order valence-electron chi connectivity index (χ3n) is 2.62. The molecule has 0 spiro atoms. The molecule has 0 bridgehead atoms. The lowest BCUT2D eigenvalue weighted by Gasteiger charge is -2.04. The summed E-state index contributed by atoms with van der Waals surface area (Å²) in [7, 11) is 0. The number of hydrogen-bond acceptors (Lipinski definition) is 3. The molecule has 0 aliphatic rings. The van der Waals surface area contributed by atoms with Crippen LogP contribution in [-0.4, -0.2) is 26.2 Å². The first-order valence-electron chi connectivity index (χ1n) is 6.52. The van der Waals surface area contributed by atoms with Gasteiger partial charge in [-0.3, -0.25) is 0 Å². The summed E-state index contributed by atoms with van der Waals surface area (Å²) in [6, 6.07) is 0. The van der Waals surface area contributed by atoms with Gasteiger partial charge in [-0.15, -0.1) is 0 Å². The second kappa shape index (κ2) is 13.9. The Morgan fingerprint density at radius 1 is 0.533 bits per heavy atom. The van der Waals surface area contributed by atoms with Crippen LogP contribution in [0.1, 0.15) is 51.4 Å². The molecule has 0 saturated heterocycles. The van der Waals surface area contributed by atoms with Crippen LogP contribution in [0.4, 0.5) is 0 Å². The van der Waals surface area contributed by atoms with Crippen LogP contribution in [-0.2, 0) is 0 Å². The Morgan fingerprint density at radius 3 is 1.47 bits per heavy atom. The molecule has 0 saturated carbocycles. The number of unbranched alkanes of at least 4 members (excludes halogenated alkanes) is 6. The largest absolute Gasteiger partial charge is 0.330 e. The van der Waals surface area contributed by atoms with E-state index in [1.807, 2.05) is 0 Å². The Morgan fingerprint density at radius 2 is 0.933 bits per heavy atom. The van der Waals surface area contributed by atoms with Crippen molar-refractivity contribution in [3.63, 3.8) is 0 Å². The minimum absolute atomic E-state index is 0.834. The number of nitrogens with two attached hydrogens (primary N) is 2. The molecule has 0 rings (SSSR count). The smallest absolute Gasteiger partial charge is 0.00489 e. The Labute approximate surface area is 95.0 Å². The van der Waals surface area contributed by atoms with Gasteiger partial charge in [-0.1, -0.05) is 25.7 Å². The van der Waals surface area contributed by atoms with Crippen molar-refractivity contribution in [1.29, 1.82) is 0 Å². The normalized spacial score (nSPS) is 10.8. The third kappa shape index (κ3) is 13.9. The van der Waals surface area contributed by atoms with Gasteiger partial charge >= 0.3 is 0 Å². The number of rotatable bonds is 12. The molecule has 92 valence electrons. The van der Waals surface area contributed by atoms with Crippen molar-refractivity contribution in [3.8, 4) is 0 Å². The van der Waals surface area contributed by atoms with Gasteiger partial charge in [0.1, 0.15) is 0 Å². The Bertz CT molecular complexity index is 95.0. The number of hydrogen-bond donors (Lipinski definition) is 3. The Balaban J connectivity index is 2.81. The minimum atomic E-state index is 0.834. The van der Waals surface area contributed by atoms with E-state index in [-0.39, 0.29) is 0 Å². The fourth-order valence-electron chi connectivity index (χ4n) is 1.62. The Kier molecular flexibility index (Phi) is 13.8. The summed E-state index contributed by atoms with van der Waals surface area (Å²) in [6.07, 6.45) is 10.2. The van der Waals surface area contributed by atoms with Crippen molar-refractivity contribution in [2.45, 2.75) is 51.4 Å². The van der Waals surface area contributed by atoms with Gasteiger partial charge in [0.05, 0.1) is 0 Å². The lowest BCUT2D eigenvalue weighted by molar-refractivity contribution is 0.557. The first-order chi connectivity index (χ1) is 7.41. The van der Waals surface area contributed by atoms with Crippen LogP contribution in [0.2, 0.25) is 0 Å². The first kappa shape index (κ1) is 14.9. The summed E-state index contributed by atoms with van der Waals surface area (Å²) in [4.78, 5) is 0. The van der Waals surface area contributed by atoms with Gasteiger partial charge in [-0.2, -0.15) is 0 Å². The highest BCUT2D eigenvalue weighted by atomic mass is 14.8. The minimum Gasteiger partial charge on any atom is -0.330 e. The van der Waals surface area contributed by atoms with Gasteiger partial charge in [-0.25, -0.2) is 0 Å². The summed E-state index contributed by atoms with van der Waals surface area (Å²) in [5.41, 5.74) is 10.8. The molecule has 15 heavy (non-hydrogen) atoms. The standard InChI is InChI=1S/C12H29N3/c13-9-5-2-1-3-7-11-15-12-8-4-6-10-14/h15H,1-14H2. The quantitative estimate of drug-likeness (QED) is 0.433. The molecular formula is C12H29N3. The average molecular weight is 215 g/mol. The van der Waals surface area contributed by atoms with Crippen LogP contribution in [0.15, 0.2) is 0 Å². The van der Waals surface area contributed by atoms with Gasteiger partial charge in [0, 0.05) is 0 Å². The zero-order chi connectivity index (χ0) is 11.2. The van der Waals surface area contributed by atoms with Crippen LogP contribution < -0.4 is 16.8 Å². The first-order valence-corrected chi connectivity index (χ1v) is 6.52. The van der Waals surface area contributed by atoms with E-state index in [4.69, 9.17) is 11.5 Å². The summed E-state index contributed by atoms with van der Waals surface area (Å²) < 4.78 is 0. The van der Waals surface area contributed by atoms with Crippen LogP contribution >= 0.6 is 0 Å². The topological polar surface area (TPSA) is 64.1 Å². The summed E-state index contributed by atoms with van der Waals surface area (Å²) >= 11 is 0. The van der Waals surface area contributed by atoms with E-state index in [1.54, 1.807) is 0 Å². The maximum atomic E-state index is 5.43. The fourth-order valence-corrected chi connectivity index (χ4v) is 1.62. The monoisotopic (exact) mass is 215 g/mol.